The number of methoxy groups -OCH3 is 1. The molecule has 124 valence electrons. The van der Waals surface area contributed by atoms with Gasteiger partial charge in [-0.2, -0.15) is 5.10 Å². The lowest BCUT2D eigenvalue weighted by Crippen LogP contribution is -2.26. The highest BCUT2D eigenvalue weighted by Gasteiger charge is 2.18. The van der Waals surface area contributed by atoms with E-state index < -0.39 is 15.9 Å². The summed E-state index contributed by atoms with van der Waals surface area (Å²) in [6.07, 6.45) is 4.05. The minimum absolute atomic E-state index is 0.0203. The number of ether oxygens (including phenoxy) is 1. The van der Waals surface area contributed by atoms with Crippen LogP contribution in [0.15, 0.2) is 41.6 Å². The number of sulfonamides is 1. The van der Waals surface area contributed by atoms with E-state index in [9.17, 15) is 13.2 Å². The van der Waals surface area contributed by atoms with Crippen molar-refractivity contribution in [1.82, 2.24) is 14.5 Å². The fourth-order valence-corrected chi connectivity index (χ4v) is 3.11. The van der Waals surface area contributed by atoms with Crippen LogP contribution in [0, 0.1) is 0 Å². The van der Waals surface area contributed by atoms with Gasteiger partial charge in [-0.25, -0.2) is 13.1 Å². The number of nitrogens with one attached hydrogen (secondary N) is 1. The maximum absolute atomic E-state index is 12.2. The first-order valence-electron chi connectivity index (χ1n) is 6.89. The molecule has 1 heterocycles. The van der Waals surface area contributed by atoms with Crippen LogP contribution in [0.1, 0.15) is 16.8 Å². The fraction of sp³-hybridized carbons (Fsp3) is 0.286. The summed E-state index contributed by atoms with van der Waals surface area (Å²) >= 11 is 0. The van der Waals surface area contributed by atoms with E-state index in [0.29, 0.717) is 13.0 Å². The van der Waals surface area contributed by atoms with E-state index in [4.69, 9.17) is 10.5 Å². The molecule has 0 saturated heterocycles. The van der Waals surface area contributed by atoms with Crippen LogP contribution in [-0.4, -0.2) is 37.8 Å². The molecular weight excluding hydrogens is 320 g/mol. The Balaban J connectivity index is 2.04. The lowest BCUT2D eigenvalue weighted by molar-refractivity contribution is 0.0997. The normalized spacial score (nSPS) is 11.3. The number of amides is 1. The Kier molecular flexibility index (Phi) is 5.35. The van der Waals surface area contributed by atoms with Gasteiger partial charge in [-0.05, 0) is 30.7 Å². The van der Waals surface area contributed by atoms with Crippen molar-refractivity contribution < 1.29 is 17.9 Å². The molecule has 3 N–H and O–H groups in total. The fourth-order valence-electron chi connectivity index (χ4n) is 2.01. The van der Waals surface area contributed by atoms with E-state index in [1.807, 2.05) is 0 Å². The number of nitrogens with two attached hydrogens (primary N) is 1. The minimum atomic E-state index is -3.73. The van der Waals surface area contributed by atoms with Crippen molar-refractivity contribution in [1.29, 1.82) is 0 Å². The van der Waals surface area contributed by atoms with Gasteiger partial charge in [0.2, 0.25) is 10.0 Å². The number of carbonyl (C=O) groups is 1. The number of primary amides is 1. The first kappa shape index (κ1) is 17.0. The molecule has 0 saturated carbocycles. The maximum atomic E-state index is 12.2. The molecule has 0 unspecified atom stereocenters. The number of hydrogen-bond donors (Lipinski definition) is 2. The van der Waals surface area contributed by atoms with Gasteiger partial charge in [-0.3, -0.25) is 9.48 Å². The first-order valence-corrected chi connectivity index (χ1v) is 8.37. The van der Waals surface area contributed by atoms with Crippen molar-refractivity contribution in [3.63, 3.8) is 0 Å². The molecule has 23 heavy (non-hydrogen) atoms. The molecule has 0 aliphatic heterocycles. The van der Waals surface area contributed by atoms with Crippen molar-refractivity contribution in [3.8, 4) is 5.75 Å². The summed E-state index contributed by atoms with van der Waals surface area (Å²) in [5.41, 5.74) is 5.25. The summed E-state index contributed by atoms with van der Waals surface area (Å²) in [5, 5.41) is 4.03. The predicted molar refractivity (Wildman–Crippen MR) is 83.5 cm³/mol. The largest absolute Gasteiger partial charge is 0.496 e. The Morgan fingerprint density at radius 3 is 2.83 bits per heavy atom. The van der Waals surface area contributed by atoms with Gasteiger partial charge in [0.25, 0.3) is 5.91 Å². The molecule has 1 aromatic heterocycles. The predicted octanol–water partition coefficient (Wildman–Crippen LogP) is 0.359. The molecule has 0 atom stereocenters. The van der Waals surface area contributed by atoms with Crippen molar-refractivity contribution >= 4 is 15.9 Å². The molecule has 0 fully saturated rings. The van der Waals surface area contributed by atoms with Crippen molar-refractivity contribution in [2.24, 2.45) is 5.73 Å². The standard InChI is InChI=1S/C14H18N4O4S/c1-22-13-5-4-11(10-12(13)14(15)19)23(20,21)17-7-3-9-18-8-2-6-16-18/h2,4-6,8,10,17H,3,7,9H2,1H3,(H2,15,19). The quantitative estimate of drug-likeness (QED) is 0.674. The van der Waals surface area contributed by atoms with E-state index >= 15 is 0 Å². The lowest BCUT2D eigenvalue weighted by atomic mass is 10.2. The van der Waals surface area contributed by atoms with Gasteiger partial charge in [0.15, 0.2) is 0 Å². The molecule has 0 bridgehead atoms. The topological polar surface area (TPSA) is 116 Å². The first-order chi connectivity index (χ1) is 10.9. The van der Waals surface area contributed by atoms with E-state index in [1.165, 1.54) is 25.3 Å². The van der Waals surface area contributed by atoms with Crippen molar-refractivity contribution in [2.75, 3.05) is 13.7 Å². The van der Waals surface area contributed by atoms with Crippen molar-refractivity contribution in [3.05, 3.63) is 42.2 Å². The Morgan fingerprint density at radius 1 is 1.43 bits per heavy atom. The molecule has 9 heteroatoms. The van der Waals surface area contributed by atoms with Crippen LogP contribution >= 0.6 is 0 Å². The van der Waals surface area contributed by atoms with E-state index in [1.54, 1.807) is 23.1 Å². The summed E-state index contributed by atoms with van der Waals surface area (Å²) < 4.78 is 33.7. The zero-order chi connectivity index (χ0) is 16.9. The Morgan fingerprint density at radius 2 is 2.22 bits per heavy atom. The average molecular weight is 338 g/mol. The third kappa shape index (κ3) is 4.30. The van der Waals surface area contributed by atoms with Gasteiger partial charge in [-0.15, -0.1) is 0 Å². The lowest BCUT2D eigenvalue weighted by Gasteiger charge is -2.10. The van der Waals surface area contributed by atoms with Gasteiger partial charge >= 0.3 is 0 Å². The van der Waals surface area contributed by atoms with E-state index in [2.05, 4.69) is 9.82 Å². The molecule has 0 radical (unpaired) electrons. The summed E-state index contributed by atoms with van der Waals surface area (Å²) in [6.45, 7) is 0.852. The highest BCUT2D eigenvalue weighted by atomic mass is 32.2. The van der Waals surface area contributed by atoms with E-state index in [0.717, 1.165) is 0 Å². The third-order valence-electron chi connectivity index (χ3n) is 3.16. The molecule has 2 rings (SSSR count). The van der Waals surface area contributed by atoms with Crippen LogP contribution in [0.5, 0.6) is 5.75 Å². The number of benzene rings is 1. The highest BCUT2D eigenvalue weighted by molar-refractivity contribution is 7.89. The van der Waals surface area contributed by atoms with Gasteiger partial charge in [-0.1, -0.05) is 0 Å². The summed E-state index contributed by atoms with van der Waals surface area (Å²) in [7, 11) is -2.35. The number of aromatic nitrogens is 2. The Bertz CT molecular complexity index is 772. The Labute approximate surface area is 134 Å². The monoisotopic (exact) mass is 338 g/mol. The zero-order valence-corrected chi connectivity index (χ0v) is 13.4. The van der Waals surface area contributed by atoms with Crippen LogP contribution in [0.2, 0.25) is 0 Å². The SMILES string of the molecule is COc1ccc(S(=O)(=O)NCCCn2cccn2)cc1C(N)=O. The summed E-state index contributed by atoms with van der Waals surface area (Å²) in [6, 6.07) is 5.77. The van der Waals surface area contributed by atoms with Crippen LogP contribution in [0.4, 0.5) is 0 Å². The number of carbonyl (C=O) groups excluding carboxylic acids is 1. The van der Waals surface area contributed by atoms with Crippen LogP contribution in [0.25, 0.3) is 0 Å². The van der Waals surface area contributed by atoms with Gasteiger partial charge in [0, 0.05) is 25.5 Å². The van der Waals surface area contributed by atoms with Crippen LogP contribution < -0.4 is 15.2 Å². The number of nitrogens with zero attached hydrogens (tertiary/aromatic N) is 2. The maximum Gasteiger partial charge on any atom is 0.252 e. The zero-order valence-electron chi connectivity index (χ0n) is 12.6. The number of aryl methyl sites for hydroxylation is 1. The van der Waals surface area contributed by atoms with Gasteiger partial charge < -0.3 is 10.5 Å². The average Bonchev–Trinajstić information content (AvgIpc) is 3.04. The molecule has 0 aliphatic carbocycles. The van der Waals surface area contributed by atoms with Crippen LogP contribution in [0.3, 0.4) is 0 Å². The summed E-state index contributed by atoms with van der Waals surface area (Å²) in [4.78, 5) is 11.3. The molecule has 2 aromatic rings. The molecule has 8 nitrogen and oxygen atoms in total. The number of hydrogen-bond acceptors (Lipinski definition) is 5. The molecule has 1 aromatic carbocycles. The van der Waals surface area contributed by atoms with Gasteiger partial charge in [0.1, 0.15) is 5.75 Å². The second-order valence-corrected chi connectivity index (χ2v) is 6.51. The van der Waals surface area contributed by atoms with Crippen LogP contribution in [-0.2, 0) is 16.6 Å². The molecule has 0 aliphatic rings. The second kappa shape index (κ2) is 7.25. The Hall–Kier alpha value is -2.39. The summed E-state index contributed by atoms with van der Waals surface area (Å²) in [5.74, 6) is -0.521. The molecule has 0 spiro atoms. The smallest absolute Gasteiger partial charge is 0.252 e. The number of rotatable bonds is 8. The molecular formula is C14H18N4O4S. The van der Waals surface area contributed by atoms with Crippen molar-refractivity contribution in [2.45, 2.75) is 17.9 Å². The van der Waals surface area contributed by atoms with Gasteiger partial charge in [0.05, 0.1) is 17.6 Å². The second-order valence-electron chi connectivity index (χ2n) is 4.75. The highest BCUT2D eigenvalue weighted by Crippen LogP contribution is 2.21. The minimum Gasteiger partial charge on any atom is -0.496 e. The van der Waals surface area contributed by atoms with E-state index in [-0.39, 0.29) is 22.8 Å². The molecule has 1 amide bonds. The third-order valence-corrected chi connectivity index (χ3v) is 4.62.